The standard InChI is InChI=1S/C22H22N4O2/c1-13-8-14(2)19(20(27)9-13)12-24-22(28)18-7-5-6-17(15(18)3)21-16(10-23)11-25-26(21)4/h5-8,11H,9,12H2,1-4H3,(H,24,28). The molecule has 6 heteroatoms. The van der Waals surface area contributed by atoms with Crippen molar-refractivity contribution in [2.75, 3.05) is 6.54 Å². The third-order valence-electron chi connectivity index (χ3n) is 5.03. The number of aromatic nitrogens is 2. The highest BCUT2D eigenvalue weighted by Gasteiger charge is 2.20. The van der Waals surface area contributed by atoms with Crippen LogP contribution in [0.3, 0.4) is 0 Å². The highest BCUT2D eigenvalue weighted by atomic mass is 16.2. The van der Waals surface area contributed by atoms with Gasteiger partial charge in [-0.3, -0.25) is 14.3 Å². The molecule has 0 saturated carbocycles. The lowest BCUT2D eigenvalue weighted by Gasteiger charge is -2.17. The molecule has 1 aromatic heterocycles. The van der Waals surface area contributed by atoms with Crippen LogP contribution in [0.5, 0.6) is 0 Å². The van der Waals surface area contributed by atoms with Gasteiger partial charge in [-0.25, -0.2) is 0 Å². The first-order valence-electron chi connectivity index (χ1n) is 9.04. The van der Waals surface area contributed by atoms with Crippen LogP contribution in [-0.2, 0) is 11.8 Å². The number of aryl methyl sites for hydroxylation is 1. The Balaban J connectivity index is 1.88. The predicted octanol–water partition coefficient (Wildman–Crippen LogP) is 3.23. The van der Waals surface area contributed by atoms with Gasteiger partial charge in [0.15, 0.2) is 5.78 Å². The third kappa shape index (κ3) is 3.52. The van der Waals surface area contributed by atoms with Gasteiger partial charge in [0.2, 0.25) is 0 Å². The Bertz CT molecular complexity index is 1080. The summed E-state index contributed by atoms with van der Waals surface area (Å²) in [5, 5.41) is 16.3. The summed E-state index contributed by atoms with van der Waals surface area (Å²) in [5.74, 6) is -0.198. The zero-order chi connectivity index (χ0) is 20.4. The summed E-state index contributed by atoms with van der Waals surface area (Å²) in [5.41, 5.74) is 5.76. The van der Waals surface area contributed by atoms with Crippen molar-refractivity contribution in [3.63, 3.8) is 0 Å². The second-order valence-electron chi connectivity index (χ2n) is 7.06. The number of rotatable bonds is 4. The predicted molar refractivity (Wildman–Crippen MR) is 107 cm³/mol. The van der Waals surface area contributed by atoms with E-state index in [0.717, 1.165) is 22.3 Å². The SMILES string of the molecule is CC1=CC(C)=C(CNC(=O)c2cccc(-c3c(C#N)cnn3C)c2C)C(=O)C1. The lowest BCUT2D eigenvalue weighted by molar-refractivity contribution is -0.115. The molecule has 1 aromatic carbocycles. The van der Waals surface area contributed by atoms with Gasteiger partial charge in [-0.1, -0.05) is 23.8 Å². The van der Waals surface area contributed by atoms with Crippen molar-refractivity contribution in [3.8, 4) is 17.3 Å². The van der Waals surface area contributed by atoms with Crippen LogP contribution in [0.25, 0.3) is 11.3 Å². The number of Topliss-reactive ketones (excluding diaryl/α,β-unsaturated/α-hetero) is 1. The Kier molecular flexibility index (Phi) is 5.27. The lowest BCUT2D eigenvalue weighted by Crippen LogP contribution is -2.29. The van der Waals surface area contributed by atoms with Crippen LogP contribution in [0, 0.1) is 18.3 Å². The Hall–Kier alpha value is -3.46. The number of amides is 1. The molecule has 1 aliphatic carbocycles. The molecule has 0 saturated heterocycles. The van der Waals surface area contributed by atoms with Gasteiger partial charge in [-0.2, -0.15) is 10.4 Å². The van der Waals surface area contributed by atoms with Crippen LogP contribution < -0.4 is 5.32 Å². The fourth-order valence-corrected chi connectivity index (χ4v) is 3.57. The van der Waals surface area contributed by atoms with Gasteiger partial charge in [0.1, 0.15) is 6.07 Å². The number of nitrogens with zero attached hydrogens (tertiary/aromatic N) is 3. The molecule has 1 N–H and O–H groups in total. The number of hydrogen-bond acceptors (Lipinski definition) is 4. The van der Waals surface area contributed by atoms with E-state index in [2.05, 4.69) is 16.5 Å². The van der Waals surface area contributed by atoms with Crippen molar-refractivity contribution in [1.29, 1.82) is 5.26 Å². The van der Waals surface area contributed by atoms with E-state index in [0.29, 0.717) is 28.8 Å². The second kappa shape index (κ2) is 7.65. The summed E-state index contributed by atoms with van der Waals surface area (Å²) in [6.45, 7) is 5.87. The van der Waals surface area contributed by atoms with E-state index in [9.17, 15) is 14.9 Å². The second-order valence-corrected chi connectivity index (χ2v) is 7.06. The van der Waals surface area contributed by atoms with Crippen molar-refractivity contribution in [3.05, 3.63) is 63.9 Å². The first-order chi connectivity index (χ1) is 13.3. The van der Waals surface area contributed by atoms with Crippen LogP contribution in [0.4, 0.5) is 0 Å². The van der Waals surface area contributed by atoms with Gasteiger partial charge >= 0.3 is 0 Å². The largest absolute Gasteiger partial charge is 0.348 e. The van der Waals surface area contributed by atoms with Crippen molar-refractivity contribution >= 4 is 11.7 Å². The van der Waals surface area contributed by atoms with Crippen molar-refractivity contribution in [2.24, 2.45) is 7.05 Å². The molecule has 0 fully saturated rings. The van der Waals surface area contributed by atoms with E-state index in [1.165, 1.54) is 6.20 Å². The molecule has 142 valence electrons. The van der Waals surface area contributed by atoms with Crippen molar-refractivity contribution < 1.29 is 9.59 Å². The first kappa shape index (κ1) is 19.3. The number of nitrogens with one attached hydrogen (secondary N) is 1. The summed E-state index contributed by atoms with van der Waals surface area (Å²) in [7, 11) is 1.77. The molecular weight excluding hydrogens is 352 g/mol. The Morgan fingerprint density at radius 1 is 1.32 bits per heavy atom. The first-order valence-corrected chi connectivity index (χ1v) is 9.04. The number of nitriles is 1. The minimum absolute atomic E-state index is 0.0526. The van der Waals surface area contributed by atoms with E-state index in [4.69, 9.17) is 0 Å². The quantitative estimate of drug-likeness (QED) is 0.890. The minimum atomic E-state index is -0.251. The fraction of sp³-hybridized carbons (Fsp3) is 0.273. The number of carbonyl (C=O) groups excluding carboxylic acids is 2. The van der Waals surface area contributed by atoms with E-state index < -0.39 is 0 Å². The lowest BCUT2D eigenvalue weighted by atomic mass is 9.92. The molecule has 0 atom stereocenters. The molecule has 28 heavy (non-hydrogen) atoms. The molecule has 0 radical (unpaired) electrons. The molecule has 3 rings (SSSR count). The van der Waals surface area contributed by atoms with Crippen molar-refractivity contribution in [1.82, 2.24) is 15.1 Å². The molecule has 0 unspecified atom stereocenters. The van der Waals surface area contributed by atoms with Gasteiger partial charge in [0, 0.05) is 36.7 Å². The van der Waals surface area contributed by atoms with Crippen LogP contribution in [0.1, 0.15) is 41.8 Å². The van der Waals surface area contributed by atoms with Gasteiger partial charge in [-0.15, -0.1) is 0 Å². The Labute approximate surface area is 164 Å². The van der Waals surface area contributed by atoms with Crippen molar-refractivity contribution in [2.45, 2.75) is 27.2 Å². The van der Waals surface area contributed by atoms with Gasteiger partial charge in [0.25, 0.3) is 5.91 Å². The van der Waals surface area contributed by atoms with Crippen LogP contribution in [0.15, 0.2) is 47.2 Å². The zero-order valence-electron chi connectivity index (χ0n) is 16.5. The van der Waals surface area contributed by atoms with Gasteiger partial charge in [-0.05, 0) is 38.0 Å². The topological polar surface area (TPSA) is 87.8 Å². The zero-order valence-corrected chi connectivity index (χ0v) is 16.5. The Morgan fingerprint density at radius 3 is 2.75 bits per heavy atom. The number of allylic oxidation sites excluding steroid dienone is 3. The molecular formula is C22H22N4O2. The smallest absolute Gasteiger partial charge is 0.251 e. The average molecular weight is 374 g/mol. The normalized spacial score (nSPS) is 14.0. The van der Waals surface area contributed by atoms with Crippen LogP contribution >= 0.6 is 0 Å². The number of ketones is 1. The van der Waals surface area contributed by atoms with Gasteiger partial charge in [0.05, 0.1) is 17.5 Å². The summed E-state index contributed by atoms with van der Waals surface area (Å²) >= 11 is 0. The molecule has 1 aliphatic rings. The third-order valence-corrected chi connectivity index (χ3v) is 5.03. The summed E-state index contributed by atoms with van der Waals surface area (Å²) in [4.78, 5) is 25.1. The molecule has 2 aromatic rings. The number of hydrogen-bond donors (Lipinski definition) is 1. The summed E-state index contributed by atoms with van der Waals surface area (Å²) < 4.78 is 1.63. The Morgan fingerprint density at radius 2 is 2.07 bits per heavy atom. The minimum Gasteiger partial charge on any atom is -0.348 e. The summed E-state index contributed by atoms with van der Waals surface area (Å²) in [6, 6.07) is 7.54. The average Bonchev–Trinajstić information content (AvgIpc) is 3.01. The fourth-order valence-electron chi connectivity index (χ4n) is 3.57. The summed E-state index contributed by atoms with van der Waals surface area (Å²) in [6.07, 6.45) is 3.90. The maximum Gasteiger partial charge on any atom is 0.251 e. The van der Waals surface area contributed by atoms with E-state index >= 15 is 0 Å². The number of benzene rings is 1. The molecule has 6 nitrogen and oxygen atoms in total. The molecule has 1 amide bonds. The van der Waals surface area contributed by atoms with Crippen LogP contribution in [-0.4, -0.2) is 28.0 Å². The molecule has 1 heterocycles. The highest BCUT2D eigenvalue weighted by molar-refractivity contribution is 6.02. The number of carbonyl (C=O) groups is 2. The van der Waals surface area contributed by atoms with E-state index in [1.807, 2.05) is 32.9 Å². The maximum absolute atomic E-state index is 12.8. The molecule has 0 aliphatic heterocycles. The highest BCUT2D eigenvalue weighted by Crippen LogP contribution is 2.28. The van der Waals surface area contributed by atoms with Gasteiger partial charge < -0.3 is 5.32 Å². The van der Waals surface area contributed by atoms with Crippen LogP contribution in [0.2, 0.25) is 0 Å². The molecule has 0 spiro atoms. The van der Waals surface area contributed by atoms with E-state index in [-0.39, 0.29) is 18.2 Å². The molecule has 0 bridgehead atoms. The monoisotopic (exact) mass is 374 g/mol. The maximum atomic E-state index is 12.8. The van der Waals surface area contributed by atoms with E-state index in [1.54, 1.807) is 23.9 Å².